The van der Waals surface area contributed by atoms with Crippen molar-refractivity contribution in [2.24, 2.45) is 5.10 Å². The zero-order chi connectivity index (χ0) is 22.4. The highest BCUT2D eigenvalue weighted by atomic mass is 35.5. The minimum absolute atomic E-state index is 0.0664. The van der Waals surface area contributed by atoms with E-state index in [1.165, 1.54) is 18.3 Å². The van der Waals surface area contributed by atoms with Crippen LogP contribution in [0.1, 0.15) is 6.92 Å². The molecule has 0 spiro atoms. The van der Waals surface area contributed by atoms with Crippen LogP contribution in [0.25, 0.3) is 11.0 Å². The summed E-state index contributed by atoms with van der Waals surface area (Å²) >= 11 is 12.5. The number of halogens is 2. The number of ether oxygens (including phenoxy) is 2. The number of hydrazone groups is 1. The van der Waals surface area contributed by atoms with Crippen LogP contribution in [0, 0.1) is 11.3 Å². The summed E-state index contributed by atoms with van der Waals surface area (Å²) in [5.41, 5.74) is 2.87. The van der Waals surface area contributed by atoms with Crippen LogP contribution in [-0.2, 0) is 9.53 Å². The third kappa shape index (κ3) is 5.42. The number of aromatic amines is 1. The van der Waals surface area contributed by atoms with Gasteiger partial charge in [-0.05, 0) is 31.2 Å². The Hall–Kier alpha value is -3.81. The number of carbonyl (C=O) groups is 2. The van der Waals surface area contributed by atoms with E-state index in [1.807, 2.05) is 11.4 Å². The van der Waals surface area contributed by atoms with Crippen molar-refractivity contribution in [3.8, 4) is 17.6 Å². The van der Waals surface area contributed by atoms with Crippen molar-refractivity contribution in [2.45, 2.75) is 6.92 Å². The van der Waals surface area contributed by atoms with Gasteiger partial charge in [-0.1, -0.05) is 23.2 Å². The number of carbonyl (C=O) groups excluding carboxylic acids is 2. The number of rotatable bonds is 6. The third-order valence-corrected chi connectivity index (χ3v) is 4.26. The number of nitrogens with zero attached hydrogens (tertiary/aromatic N) is 3. The maximum absolute atomic E-state index is 11.9. The summed E-state index contributed by atoms with van der Waals surface area (Å²) in [6, 6.07) is 8.06. The van der Waals surface area contributed by atoms with Crippen LogP contribution in [0.15, 0.2) is 41.8 Å². The number of imide groups is 1. The number of H-pyrrole nitrogens is 1. The van der Waals surface area contributed by atoms with Crippen LogP contribution in [0.2, 0.25) is 10.0 Å². The first-order valence-corrected chi connectivity index (χ1v) is 9.48. The molecule has 0 atom stereocenters. The van der Waals surface area contributed by atoms with Gasteiger partial charge < -0.3 is 14.5 Å². The van der Waals surface area contributed by atoms with Crippen LogP contribution >= 0.6 is 23.2 Å². The summed E-state index contributed by atoms with van der Waals surface area (Å²) in [5.74, 6) is -0.412. The molecule has 0 unspecified atom stereocenters. The molecule has 0 saturated heterocycles. The standard InChI is InChI=1S/C19H14Cl2N6O4/c1-2-30-19(29)25-18(28)15(8-22)27-26-11-6-13(20)16(14(21)7-11)31-12-5-10-3-4-23-17(10)24-9-12/h3-7,9,26H,2H2,1H3,(H,23,24)(H,25,28,29)/b27-15-. The lowest BCUT2D eigenvalue weighted by molar-refractivity contribution is -0.114. The van der Waals surface area contributed by atoms with Crippen molar-refractivity contribution in [3.63, 3.8) is 0 Å². The molecule has 3 aromatic rings. The van der Waals surface area contributed by atoms with Crippen molar-refractivity contribution >= 4 is 57.6 Å². The highest BCUT2D eigenvalue weighted by molar-refractivity contribution is 6.47. The van der Waals surface area contributed by atoms with Gasteiger partial charge in [-0.15, -0.1) is 0 Å². The highest BCUT2D eigenvalue weighted by Crippen LogP contribution is 2.39. The largest absolute Gasteiger partial charge is 0.453 e. The van der Waals surface area contributed by atoms with E-state index >= 15 is 0 Å². The number of pyridine rings is 1. The maximum atomic E-state index is 11.9. The van der Waals surface area contributed by atoms with E-state index in [1.54, 1.807) is 25.3 Å². The van der Waals surface area contributed by atoms with E-state index in [9.17, 15) is 9.59 Å². The molecule has 1 aromatic carbocycles. The highest BCUT2D eigenvalue weighted by Gasteiger charge is 2.16. The molecular weight excluding hydrogens is 447 g/mol. The van der Waals surface area contributed by atoms with Crippen molar-refractivity contribution in [1.29, 1.82) is 5.26 Å². The van der Waals surface area contributed by atoms with E-state index in [4.69, 9.17) is 33.2 Å². The van der Waals surface area contributed by atoms with Gasteiger partial charge in [-0.25, -0.2) is 9.78 Å². The lowest BCUT2D eigenvalue weighted by Crippen LogP contribution is -2.36. The Morgan fingerprint density at radius 2 is 2.03 bits per heavy atom. The van der Waals surface area contributed by atoms with Gasteiger partial charge in [0.15, 0.2) is 5.75 Å². The molecule has 2 amide bonds. The van der Waals surface area contributed by atoms with Crippen LogP contribution < -0.4 is 15.5 Å². The second-order valence-corrected chi connectivity index (χ2v) is 6.63. The first-order valence-electron chi connectivity index (χ1n) is 8.73. The van der Waals surface area contributed by atoms with E-state index in [0.717, 1.165) is 5.39 Å². The minimum Gasteiger partial charge on any atom is -0.453 e. The smallest absolute Gasteiger partial charge is 0.414 e. The molecule has 0 radical (unpaired) electrons. The van der Waals surface area contributed by atoms with Gasteiger partial charge in [0.2, 0.25) is 5.71 Å². The molecule has 0 aliphatic heterocycles. The predicted molar refractivity (Wildman–Crippen MR) is 114 cm³/mol. The maximum Gasteiger partial charge on any atom is 0.414 e. The van der Waals surface area contributed by atoms with Crippen LogP contribution in [0.3, 0.4) is 0 Å². The Kier molecular flexibility index (Phi) is 6.92. The third-order valence-electron chi connectivity index (χ3n) is 3.70. The number of nitriles is 1. The summed E-state index contributed by atoms with van der Waals surface area (Å²) in [6.45, 7) is 1.64. The lowest BCUT2D eigenvalue weighted by atomic mass is 10.3. The first kappa shape index (κ1) is 21.9. The second kappa shape index (κ2) is 9.80. The molecule has 2 heterocycles. The fourth-order valence-corrected chi connectivity index (χ4v) is 2.95. The van der Waals surface area contributed by atoms with Crippen LogP contribution in [0.4, 0.5) is 10.5 Å². The summed E-state index contributed by atoms with van der Waals surface area (Å²) in [5, 5.41) is 15.8. The van der Waals surface area contributed by atoms with Crippen LogP contribution in [0.5, 0.6) is 11.5 Å². The lowest BCUT2D eigenvalue weighted by Gasteiger charge is -2.11. The average Bonchev–Trinajstić information content (AvgIpc) is 3.19. The molecular formula is C19H14Cl2N6O4. The Morgan fingerprint density at radius 3 is 2.71 bits per heavy atom. The van der Waals surface area contributed by atoms with Crippen molar-refractivity contribution in [3.05, 3.63) is 46.7 Å². The second-order valence-electron chi connectivity index (χ2n) is 5.82. The topological polar surface area (TPSA) is 141 Å². The van der Waals surface area contributed by atoms with Gasteiger partial charge in [0, 0.05) is 11.6 Å². The molecule has 3 rings (SSSR count). The number of alkyl carbamates (subject to hydrolysis) is 1. The number of fused-ring (bicyclic) bond motifs is 1. The number of hydrogen-bond acceptors (Lipinski definition) is 8. The van der Waals surface area contributed by atoms with Gasteiger partial charge in [0.1, 0.15) is 17.5 Å². The zero-order valence-electron chi connectivity index (χ0n) is 15.9. The molecule has 31 heavy (non-hydrogen) atoms. The van der Waals surface area contributed by atoms with Gasteiger partial charge >= 0.3 is 6.09 Å². The molecule has 10 nitrogen and oxygen atoms in total. The van der Waals surface area contributed by atoms with E-state index in [2.05, 4.69) is 25.2 Å². The average molecular weight is 461 g/mol. The van der Waals surface area contributed by atoms with Crippen molar-refractivity contribution in [1.82, 2.24) is 15.3 Å². The van der Waals surface area contributed by atoms with E-state index in [0.29, 0.717) is 11.4 Å². The first-order chi connectivity index (χ1) is 14.9. The normalized spacial score (nSPS) is 11.0. The van der Waals surface area contributed by atoms with Crippen LogP contribution in [-0.4, -0.2) is 34.3 Å². The minimum atomic E-state index is -1.03. The zero-order valence-corrected chi connectivity index (χ0v) is 17.4. The number of benzene rings is 1. The SMILES string of the molecule is CCOC(=O)NC(=O)/C(C#N)=N\Nc1cc(Cl)c(Oc2cnc3[nH]ccc3c2)c(Cl)c1. The molecule has 0 aliphatic carbocycles. The molecule has 0 saturated carbocycles. The Labute approximate surface area is 185 Å². The van der Waals surface area contributed by atoms with E-state index in [-0.39, 0.29) is 28.1 Å². The fraction of sp³-hybridized carbons (Fsp3) is 0.105. The fourth-order valence-electron chi connectivity index (χ4n) is 2.38. The molecule has 158 valence electrons. The summed E-state index contributed by atoms with van der Waals surface area (Å²) in [7, 11) is 0. The molecule has 0 aliphatic rings. The summed E-state index contributed by atoms with van der Waals surface area (Å²) in [4.78, 5) is 30.3. The Balaban J connectivity index is 1.74. The number of amides is 2. The Morgan fingerprint density at radius 1 is 1.29 bits per heavy atom. The van der Waals surface area contributed by atoms with Gasteiger partial charge in [0.05, 0.1) is 28.5 Å². The number of anilines is 1. The van der Waals surface area contributed by atoms with Crippen molar-refractivity contribution < 1.29 is 19.1 Å². The number of nitrogens with one attached hydrogen (secondary N) is 3. The summed E-state index contributed by atoms with van der Waals surface area (Å²) in [6.07, 6.45) is 2.28. The monoisotopic (exact) mass is 460 g/mol. The number of aromatic nitrogens is 2. The quantitative estimate of drug-likeness (QED) is 0.369. The molecule has 12 heteroatoms. The van der Waals surface area contributed by atoms with E-state index < -0.39 is 17.7 Å². The molecule has 3 N–H and O–H groups in total. The number of hydrogen-bond donors (Lipinski definition) is 3. The van der Waals surface area contributed by atoms with Gasteiger partial charge in [-0.3, -0.25) is 15.5 Å². The van der Waals surface area contributed by atoms with Crippen molar-refractivity contribution in [2.75, 3.05) is 12.0 Å². The Bertz CT molecular complexity index is 1190. The molecule has 0 fully saturated rings. The van der Waals surface area contributed by atoms with Gasteiger partial charge in [-0.2, -0.15) is 10.4 Å². The predicted octanol–water partition coefficient (Wildman–Crippen LogP) is 4.23. The van der Waals surface area contributed by atoms with Gasteiger partial charge in [0.25, 0.3) is 5.91 Å². The molecule has 2 aromatic heterocycles. The molecule has 0 bridgehead atoms. The summed E-state index contributed by atoms with van der Waals surface area (Å²) < 4.78 is 10.3.